The highest BCUT2D eigenvalue weighted by atomic mass is 127. The minimum atomic E-state index is -0.967. The Morgan fingerprint density at radius 3 is 1.53 bits per heavy atom. The van der Waals surface area contributed by atoms with Crippen LogP contribution in [-0.2, 0) is 53.3 Å². The monoisotopic (exact) mass is 1460 g/mol. The number of hydrogen-bond acceptors (Lipinski definition) is 27. The summed E-state index contributed by atoms with van der Waals surface area (Å²) in [4.78, 5) is 81.8. The zero-order valence-electron chi connectivity index (χ0n) is 53.6. The number of carbonyl (C=O) groups is 6. The summed E-state index contributed by atoms with van der Waals surface area (Å²) in [6, 6.07) is 5.83. The van der Waals surface area contributed by atoms with Crippen LogP contribution in [0.5, 0.6) is 57.5 Å². The number of aryl methyl sites for hydroxylation is 3. The standard InChI is InChI=1S/C30H32N4O8S.C30H29N3O9S.C7H8NO.HI/c1-11-5-14-6-16-17(7-31)34-18-8-39-30(38)15(32)9-43-29(23(34)22(33(16)4)19(14)25(37)24(11)36)21-20(18)28-27(40-10-41-28)12(2)26(21)42-13(3)35;1-11-5-14-6-15-16(7-31)33-17-8-39-30(38)18(35)9-43-29(23(33)22(32(15)4)19(14)25(37)24(11)36)21-20(17)28-27(40-10-41-28)12(2)26(21)42-13(3)34;1-8-4-2-7(6-9)3-5-8;/h5,15-18,22-23,29,36-37H,6,8-10,32H2,1-4H3;5,15-17,22-23,29,36-37H,6,8-10H2,1-4H3;2-6H,1H3;1H/q;;+1;/p-1/t15-,16-,17-,18-,22+,23?,29+;15-,16-,17-,22+,23?,29+;;/m00../s1. The number of nitriles is 2. The second kappa shape index (κ2) is 26.0. The van der Waals surface area contributed by atoms with Crippen LogP contribution in [0.4, 0.5) is 0 Å². The van der Waals surface area contributed by atoms with Gasteiger partial charge in [0.25, 0.3) is 0 Å². The third-order valence-corrected chi connectivity index (χ3v) is 22.7. The summed E-state index contributed by atoms with van der Waals surface area (Å²) in [5, 5.41) is 64.8. The van der Waals surface area contributed by atoms with Gasteiger partial charge in [-0.2, -0.15) is 10.5 Å². The number of benzene rings is 4. The van der Waals surface area contributed by atoms with Crippen LogP contribution in [0.15, 0.2) is 36.7 Å². The van der Waals surface area contributed by atoms with Crippen LogP contribution in [0.25, 0.3) is 0 Å². The van der Waals surface area contributed by atoms with Crippen molar-refractivity contribution in [2.75, 3.05) is 52.4 Å². The highest BCUT2D eigenvalue weighted by Crippen LogP contribution is 2.66. The van der Waals surface area contributed by atoms with Crippen molar-refractivity contribution in [3.63, 3.8) is 0 Å². The van der Waals surface area contributed by atoms with Gasteiger partial charge in [-0.3, -0.25) is 43.6 Å². The van der Waals surface area contributed by atoms with Crippen LogP contribution < -0.4 is 62.7 Å². The number of cyclic esters (lactones) is 2. The predicted molar refractivity (Wildman–Crippen MR) is 336 cm³/mol. The molecule has 4 aromatic carbocycles. The van der Waals surface area contributed by atoms with Crippen molar-refractivity contribution in [2.45, 2.75) is 131 Å². The van der Waals surface area contributed by atoms with E-state index in [4.69, 9.17) is 43.6 Å². The molecule has 29 heteroatoms. The maximum atomic E-state index is 12.9. The molecule has 2 fully saturated rings. The average Bonchev–Trinajstić information content (AvgIpc) is 0.943. The lowest BCUT2D eigenvalue weighted by Crippen LogP contribution is -3.00. The molecule has 26 nitrogen and oxygen atoms in total. The number of aromatic hydroxyl groups is 4. The molecule has 0 spiro atoms. The topological polar surface area (TPSA) is 348 Å². The summed E-state index contributed by atoms with van der Waals surface area (Å²) in [6.45, 7) is 9.12. The number of hydrogen-bond donors (Lipinski definition) is 5. The number of nitrogens with zero attached hydrogens (tertiary/aromatic N) is 7. The lowest BCUT2D eigenvalue weighted by molar-refractivity contribution is -0.671. The Morgan fingerprint density at radius 2 is 1.09 bits per heavy atom. The minimum absolute atomic E-state index is 0. The zero-order valence-corrected chi connectivity index (χ0v) is 57.4. The molecule has 2 unspecified atom stereocenters. The van der Waals surface area contributed by atoms with Crippen molar-refractivity contribution in [3.05, 3.63) is 109 Å². The van der Waals surface area contributed by atoms with Crippen molar-refractivity contribution in [2.24, 2.45) is 12.8 Å². The number of phenolic OH excluding ortho intramolecular Hbond substituents is 4. The number of rotatable bonds is 3. The van der Waals surface area contributed by atoms with Gasteiger partial charge in [0.15, 0.2) is 64.7 Å². The summed E-state index contributed by atoms with van der Waals surface area (Å²) in [5.74, 6) is -1.88. The molecule has 10 aliphatic rings. The maximum absolute atomic E-state index is 12.9. The normalized spacial score (nSPS) is 27.8. The van der Waals surface area contributed by atoms with Gasteiger partial charge in [-0.25, -0.2) is 9.36 Å². The van der Waals surface area contributed by atoms with Gasteiger partial charge >= 0.3 is 23.9 Å². The number of fused-ring (bicyclic) bond motifs is 18. The van der Waals surface area contributed by atoms with E-state index < -0.39 is 94.5 Å². The lowest BCUT2D eigenvalue weighted by Gasteiger charge is -2.61. The second-order valence-corrected chi connectivity index (χ2v) is 27.6. The Balaban J connectivity index is 0.000000161. The van der Waals surface area contributed by atoms with Gasteiger partial charge in [-0.05, 0) is 76.9 Å². The Morgan fingerprint density at radius 1 is 0.656 bits per heavy atom. The molecule has 11 heterocycles. The van der Waals surface area contributed by atoms with E-state index in [-0.39, 0.29) is 103 Å². The predicted octanol–water partition coefficient (Wildman–Crippen LogP) is 2.08. The highest BCUT2D eigenvalue weighted by molar-refractivity contribution is 8.00. The molecule has 13 atom stereocenters. The smallest absolute Gasteiger partial charge is 0.375 e. The minimum Gasteiger partial charge on any atom is -1.00 e. The van der Waals surface area contributed by atoms with Gasteiger partial charge < -0.3 is 88.0 Å². The van der Waals surface area contributed by atoms with Crippen LogP contribution in [0.1, 0.15) is 126 Å². The Labute approximate surface area is 577 Å². The van der Waals surface area contributed by atoms with Gasteiger partial charge in [0.05, 0.1) is 52.6 Å². The van der Waals surface area contributed by atoms with Gasteiger partial charge in [-0.15, -0.1) is 23.5 Å². The van der Waals surface area contributed by atoms with Crippen LogP contribution in [0.3, 0.4) is 0 Å². The SMILES string of the molecule is CC(=O)Oc1c(C)c2c(c3c1[C@H]1SCC(=O)C(=O)OC[C@@H]3N3C1[C@H]1c4c(cc(C)c(O)c4O)C[C@@H]([C@@H]3C#N)N1C)OCO2.CC(=O)Oc1c(C)c2c(c3c1[C@H]1SC[C@H](N)C(=O)OC[C@@H]3N3C1[C@H]1c4c(cc(C)c(O)c4O)C[C@@H]([C@@H]3C#N)N1C)OCO2.C[n+]1ccc(C=O)cc1.[I-]. The fraction of sp³-hybridized carbons (Fsp3) is 0.448. The van der Waals surface area contributed by atoms with E-state index in [1.54, 1.807) is 39.8 Å². The third kappa shape index (κ3) is 10.7. The number of nitrogens with two attached hydrogens (primary N) is 1. The van der Waals surface area contributed by atoms with E-state index in [1.807, 2.05) is 60.0 Å². The molecule has 0 saturated carbocycles. The zero-order chi connectivity index (χ0) is 67.6. The molecule has 6 N–H and O–H groups in total. The Kier molecular flexibility index (Phi) is 18.4. The number of ether oxygens (including phenoxy) is 8. The lowest BCUT2D eigenvalue weighted by atomic mass is 9.71. The van der Waals surface area contributed by atoms with E-state index >= 15 is 0 Å². The molecule has 5 aromatic rings. The molecule has 8 bridgehead atoms. The number of aromatic nitrogens is 1. The number of esters is 4. The fourth-order valence-electron chi connectivity index (χ4n) is 16.0. The highest BCUT2D eigenvalue weighted by Gasteiger charge is 2.63. The quantitative estimate of drug-likeness (QED) is 0.0328. The number of likely N-dealkylation sites (N-methyl/N-ethyl adjacent to an activating group) is 2. The molecule has 0 amide bonds. The number of piperazine rings is 2. The molecular weight excluding hydrogens is 1400 g/mol. The van der Waals surface area contributed by atoms with E-state index in [9.17, 15) is 59.7 Å². The largest absolute Gasteiger partial charge is 1.00 e. The summed E-state index contributed by atoms with van der Waals surface area (Å²) in [6.07, 6.45) is 5.40. The molecule has 10 aliphatic heterocycles. The van der Waals surface area contributed by atoms with Gasteiger partial charge in [0.1, 0.15) is 49.9 Å². The number of ketones is 1. The molecule has 96 heavy (non-hydrogen) atoms. The van der Waals surface area contributed by atoms with Crippen LogP contribution in [0.2, 0.25) is 0 Å². The van der Waals surface area contributed by atoms with Crippen molar-refractivity contribution in [3.8, 4) is 69.6 Å². The number of thioether (sulfide) groups is 2. The number of aldehydes is 1. The van der Waals surface area contributed by atoms with Crippen LogP contribution in [-0.4, -0.2) is 171 Å². The first-order chi connectivity index (χ1) is 45.4. The van der Waals surface area contributed by atoms with Gasteiger partial charge in [-0.1, -0.05) is 12.1 Å². The summed E-state index contributed by atoms with van der Waals surface area (Å²) in [5.41, 5.74) is 14.5. The number of Topliss-reactive ketones (excluding diaryl/α,β-unsaturated/α-hetero) is 1. The van der Waals surface area contributed by atoms with Crippen LogP contribution >= 0.6 is 23.5 Å². The van der Waals surface area contributed by atoms with Crippen molar-refractivity contribution in [1.82, 2.24) is 19.6 Å². The molecular formula is C67H69IN8O18S2. The van der Waals surface area contributed by atoms with Crippen molar-refractivity contribution >= 4 is 59.5 Å². The third-order valence-electron chi connectivity index (χ3n) is 20.0. The number of carbonyl (C=O) groups excluding carboxylic acids is 6. The maximum Gasteiger partial charge on any atom is 0.375 e. The summed E-state index contributed by atoms with van der Waals surface area (Å²) < 4.78 is 48.8. The molecule has 2 saturated heterocycles. The second-order valence-electron chi connectivity index (χ2n) is 25.3. The molecule has 0 aliphatic carbocycles. The molecule has 0 radical (unpaired) electrons. The Hall–Kier alpha value is -8.14. The molecule has 504 valence electrons. The van der Waals surface area contributed by atoms with Crippen LogP contribution in [0, 0.1) is 50.4 Å². The Bertz CT molecular complexity index is 4220. The summed E-state index contributed by atoms with van der Waals surface area (Å²) >= 11 is 2.59. The van der Waals surface area contributed by atoms with Gasteiger partial charge in [0.2, 0.25) is 19.4 Å². The molecule has 1 aromatic heterocycles. The number of phenols is 4. The first-order valence-corrected chi connectivity index (χ1v) is 32.9. The van der Waals surface area contributed by atoms with Crippen molar-refractivity contribution in [1.29, 1.82) is 10.5 Å². The molecule has 15 rings (SSSR count). The van der Waals surface area contributed by atoms with Gasteiger partial charge in [0, 0.05) is 106 Å². The summed E-state index contributed by atoms with van der Waals surface area (Å²) in [7, 11) is 5.73. The van der Waals surface area contributed by atoms with E-state index in [2.05, 4.69) is 21.9 Å². The fourth-order valence-corrected chi connectivity index (χ4v) is 18.7. The van der Waals surface area contributed by atoms with Crippen molar-refractivity contribution < 1.29 is 116 Å². The van der Waals surface area contributed by atoms with E-state index in [1.165, 1.54) is 37.4 Å². The number of pyridine rings is 1. The first kappa shape index (κ1) is 67.8. The first-order valence-electron chi connectivity index (χ1n) is 30.8. The average molecular weight is 1470 g/mol. The number of halogens is 1. The van der Waals surface area contributed by atoms with E-state index in [0.29, 0.717) is 103 Å². The van der Waals surface area contributed by atoms with E-state index in [0.717, 1.165) is 17.4 Å².